The molecule has 0 saturated carbocycles. The minimum atomic E-state index is -1.06. The number of halogens is 2. The number of phenolic OH excluding ortho intramolecular Hbond substituents is 1. The normalized spacial score (nSPS) is 8.75. The zero-order chi connectivity index (χ0) is 8.43. The molecule has 0 amide bonds. The molecule has 5 heteroatoms. The van der Waals surface area contributed by atoms with Gasteiger partial charge < -0.3 is 10.2 Å². The number of hydrogen-bond acceptors (Lipinski definition) is 2. The highest BCUT2D eigenvalue weighted by molar-refractivity contribution is 6.32. The third-order valence-electron chi connectivity index (χ3n) is 1.19. The van der Waals surface area contributed by atoms with Crippen LogP contribution in [-0.4, -0.2) is 16.2 Å². The van der Waals surface area contributed by atoms with Crippen LogP contribution in [0.15, 0.2) is 18.2 Å². The minimum absolute atomic E-state index is 0. The van der Waals surface area contributed by atoms with E-state index in [4.69, 9.17) is 21.8 Å². The summed E-state index contributed by atoms with van der Waals surface area (Å²) < 4.78 is 0. The lowest BCUT2D eigenvalue weighted by Crippen LogP contribution is -1.94. The Kier molecular flexibility index (Phi) is 3.86. The van der Waals surface area contributed by atoms with Crippen LogP contribution in [0.5, 0.6) is 5.75 Å². The number of carboxylic acids is 1. The number of phenols is 1. The van der Waals surface area contributed by atoms with E-state index in [1.54, 1.807) is 0 Å². The maximum Gasteiger partial charge on any atom is 0.335 e. The van der Waals surface area contributed by atoms with Gasteiger partial charge in [-0.05, 0) is 18.2 Å². The highest BCUT2D eigenvalue weighted by atomic mass is 35.5. The second-order valence-corrected chi connectivity index (χ2v) is 2.38. The van der Waals surface area contributed by atoms with E-state index < -0.39 is 5.97 Å². The summed E-state index contributed by atoms with van der Waals surface area (Å²) in [6.45, 7) is 0. The van der Waals surface area contributed by atoms with Gasteiger partial charge in [0.25, 0.3) is 0 Å². The Bertz CT molecular complexity index is 299. The molecule has 1 aromatic carbocycles. The summed E-state index contributed by atoms with van der Waals surface area (Å²) >= 11 is 5.44. The molecule has 0 heterocycles. The van der Waals surface area contributed by atoms with Crippen molar-refractivity contribution in [3.8, 4) is 5.75 Å². The molecule has 3 nitrogen and oxygen atoms in total. The van der Waals surface area contributed by atoms with Crippen LogP contribution in [0.4, 0.5) is 0 Å². The van der Waals surface area contributed by atoms with Gasteiger partial charge in [-0.3, -0.25) is 0 Å². The Morgan fingerprint density at radius 3 is 2.42 bits per heavy atom. The van der Waals surface area contributed by atoms with Crippen molar-refractivity contribution < 1.29 is 15.0 Å². The number of rotatable bonds is 1. The third-order valence-corrected chi connectivity index (χ3v) is 1.50. The van der Waals surface area contributed by atoms with Gasteiger partial charge in [0.15, 0.2) is 0 Å². The SMILES string of the molecule is Cl.O=C(O)c1ccc(O)c(Cl)c1. The predicted octanol–water partition coefficient (Wildman–Crippen LogP) is 2.17. The number of carboxylic acid groups (broad SMARTS) is 1. The van der Waals surface area contributed by atoms with E-state index in [0.717, 1.165) is 0 Å². The lowest BCUT2D eigenvalue weighted by molar-refractivity contribution is 0.0697. The van der Waals surface area contributed by atoms with Crippen LogP contribution >= 0.6 is 24.0 Å². The van der Waals surface area contributed by atoms with Crippen molar-refractivity contribution in [2.24, 2.45) is 0 Å². The first kappa shape index (κ1) is 11.1. The van der Waals surface area contributed by atoms with Crippen LogP contribution in [-0.2, 0) is 0 Å². The number of carbonyl (C=O) groups is 1. The topological polar surface area (TPSA) is 57.5 Å². The second-order valence-electron chi connectivity index (χ2n) is 1.97. The molecule has 0 aliphatic carbocycles. The number of hydrogen-bond donors (Lipinski definition) is 2. The first-order valence-corrected chi connectivity index (χ1v) is 3.21. The smallest absolute Gasteiger partial charge is 0.335 e. The largest absolute Gasteiger partial charge is 0.506 e. The van der Waals surface area contributed by atoms with Gasteiger partial charge in [0, 0.05) is 0 Å². The molecule has 0 fully saturated rings. The second kappa shape index (κ2) is 4.18. The Morgan fingerprint density at radius 1 is 1.42 bits per heavy atom. The van der Waals surface area contributed by atoms with Crippen LogP contribution in [0.3, 0.4) is 0 Å². The summed E-state index contributed by atoms with van der Waals surface area (Å²) in [6, 6.07) is 3.72. The maximum absolute atomic E-state index is 10.3. The highest BCUT2D eigenvalue weighted by Gasteiger charge is 2.04. The van der Waals surface area contributed by atoms with E-state index in [0.29, 0.717) is 0 Å². The number of aromatic carboxylic acids is 1. The van der Waals surface area contributed by atoms with E-state index in [2.05, 4.69) is 0 Å². The van der Waals surface area contributed by atoms with E-state index in [1.807, 2.05) is 0 Å². The molecule has 2 N–H and O–H groups in total. The van der Waals surface area contributed by atoms with E-state index in [9.17, 15) is 4.79 Å². The lowest BCUT2D eigenvalue weighted by Gasteiger charge is -1.96. The molecule has 0 saturated heterocycles. The predicted molar refractivity (Wildman–Crippen MR) is 47.3 cm³/mol. The monoisotopic (exact) mass is 208 g/mol. The molecular weight excluding hydrogens is 203 g/mol. The molecule has 0 bridgehead atoms. The van der Waals surface area contributed by atoms with Gasteiger partial charge in [-0.1, -0.05) is 11.6 Å². The van der Waals surface area contributed by atoms with Gasteiger partial charge in [-0.25, -0.2) is 4.79 Å². The summed E-state index contributed by atoms with van der Waals surface area (Å²) in [5.41, 5.74) is 0.0628. The average molecular weight is 209 g/mol. The van der Waals surface area contributed by atoms with Gasteiger partial charge >= 0.3 is 5.97 Å². The Labute approximate surface area is 80.0 Å². The van der Waals surface area contributed by atoms with Crippen LogP contribution < -0.4 is 0 Å². The molecule has 0 aromatic heterocycles. The van der Waals surface area contributed by atoms with Gasteiger partial charge in [-0.2, -0.15) is 0 Å². The molecule has 1 aromatic rings. The molecule has 0 atom stereocenters. The Hall–Kier alpha value is -0.930. The van der Waals surface area contributed by atoms with Crippen LogP contribution in [0.1, 0.15) is 10.4 Å². The van der Waals surface area contributed by atoms with Gasteiger partial charge in [0.1, 0.15) is 5.75 Å². The summed E-state index contributed by atoms with van der Waals surface area (Å²) in [7, 11) is 0. The molecule has 12 heavy (non-hydrogen) atoms. The maximum atomic E-state index is 10.3. The van der Waals surface area contributed by atoms with Crippen molar-refractivity contribution in [2.45, 2.75) is 0 Å². The zero-order valence-electron chi connectivity index (χ0n) is 5.82. The first-order chi connectivity index (χ1) is 5.11. The van der Waals surface area contributed by atoms with Crippen molar-refractivity contribution in [1.82, 2.24) is 0 Å². The van der Waals surface area contributed by atoms with E-state index >= 15 is 0 Å². The molecule has 0 spiro atoms. The van der Waals surface area contributed by atoms with Crippen molar-refractivity contribution in [3.63, 3.8) is 0 Å². The molecule has 66 valence electrons. The van der Waals surface area contributed by atoms with Crippen molar-refractivity contribution in [3.05, 3.63) is 28.8 Å². The zero-order valence-corrected chi connectivity index (χ0v) is 7.39. The van der Waals surface area contributed by atoms with Gasteiger partial charge in [-0.15, -0.1) is 12.4 Å². The van der Waals surface area contributed by atoms with E-state index in [-0.39, 0.29) is 28.7 Å². The number of benzene rings is 1. The molecule has 0 aliphatic rings. The fourth-order valence-corrected chi connectivity index (χ4v) is 0.820. The van der Waals surface area contributed by atoms with E-state index in [1.165, 1.54) is 18.2 Å². The Morgan fingerprint density at radius 2 is 2.00 bits per heavy atom. The van der Waals surface area contributed by atoms with Crippen molar-refractivity contribution in [2.75, 3.05) is 0 Å². The molecular formula is C7H6Cl2O3. The molecule has 1 rings (SSSR count). The summed E-state index contributed by atoms with van der Waals surface area (Å²) in [4.78, 5) is 10.3. The van der Waals surface area contributed by atoms with Crippen LogP contribution in [0.25, 0.3) is 0 Å². The number of aromatic hydroxyl groups is 1. The Balaban J connectivity index is 0.00000121. The first-order valence-electron chi connectivity index (χ1n) is 2.83. The summed E-state index contributed by atoms with van der Waals surface area (Å²) in [5.74, 6) is -1.18. The molecule has 0 unspecified atom stereocenters. The summed E-state index contributed by atoms with van der Waals surface area (Å²) in [5, 5.41) is 17.4. The van der Waals surface area contributed by atoms with Crippen LogP contribution in [0, 0.1) is 0 Å². The average Bonchev–Trinajstić information content (AvgIpc) is 1.94. The fraction of sp³-hybridized carbons (Fsp3) is 0. The van der Waals surface area contributed by atoms with Crippen LogP contribution in [0.2, 0.25) is 5.02 Å². The van der Waals surface area contributed by atoms with Gasteiger partial charge in [0.05, 0.1) is 10.6 Å². The molecule has 0 aliphatic heterocycles. The standard InChI is InChI=1S/C7H5ClO3.ClH/c8-5-3-4(7(10)11)1-2-6(5)9;/h1-3,9H,(H,10,11);1H. The van der Waals surface area contributed by atoms with Gasteiger partial charge in [0.2, 0.25) is 0 Å². The molecule has 0 radical (unpaired) electrons. The lowest BCUT2D eigenvalue weighted by atomic mass is 10.2. The minimum Gasteiger partial charge on any atom is -0.506 e. The van der Waals surface area contributed by atoms with Crippen molar-refractivity contribution in [1.29, 1.82) is 0 Å². The highest BCUT2D eigenvalue weighted by Crippen LogP contribution is 2.23. The summed E-state index contributed by atoms with van der Waals surface area (Å²) in [6.07, 6.45) is 0. The fourth-order valence-electron chi connectivity index (χ4n) is 0.640. The quantitative estimate of drug-likeness (QED) is 0.744. The third kappa shape index (κ3) is 2.29. The van der Waals surface area contributed by atoms with Crippen molar-refractivity contribution >= 4 is 30.0 Å².